The summed E-state index contributed by atoms with van der Waals surface area (Å²) in [6.45, 7) is 3.85. The molecule has 0 spiro atoms. The molecular weight excluding hydrogens is 787 g/mol. The predicted molar refractivity (Wildman–Crippen MR) is 231 cm³/mol. The van der Waals surface area contributed by atoms with Crippen molar-refractivity contribution in [2.24, 2.45) is 33.8 Å². The van der Waals surface area contributed by atoms with E-state index >= 15 is 0 Å². The van der Waals surface area contributed by atoms with Crippen LogP contribution in [0.15, 0.2) is 65.7 Å². The number of carboxylic acids is 1. The number of nitrogens with zero attached hydrogens (tertiary/aromatic N) is 1. The molecule has 336 valence electrons. The number of aliphatic imine (C=N–C) groups is 1. The maximum absolute atomic E-state index is 14.1. The number of guanidine groups is 1. The Morgan fingerprint density at radius 1 is 0.590 bits per heavy atom. The lowest BCUT2D eigenvalue weighted by molar-refractivity contribution is -0.138. The number of amides is 6. The van der Waals surface area contributed by atoms with Crippen LogP contribution in [0.4, 0.5) is 0 Å². The van der Waals surface area contributed by atoms with Gasteiger partial charge in [0.2, 0.25) is 29.5 Å². The number of carboxylic acid groups (broad SMARTS) is 1. The topological polar surface area (TPSA) is 328 Å². The van der Waals surface area contributed by atoms with Crippen LogP contribution in [0, 0.1) is 5.92 Å². The molecule has 5 atom stereocenters. The molecule has 2 aromatic rings. The van der Waals surface area contributed by atoms with Crippen LogP contribution in [-0.2, 0) is 35.2 Å². The molecule has 19 nitrogen and oxygen atoms in total. The van der Waals surface area contributed by atoms with Gasteiger partial charge < -0.3 is 59.9 Å². The highest BCUT2D eigenvalue weighted by Gasteiger charge is 2.33. The van der Waals surface area contributed by atoms with Gasteiger partial charge in [-0.05, 0) is 94.5 Å². The highest BCUT2D eigenvalue weighted by Crippen LogP contribution is 2.12. The molecule has 0 aromatic heterocycles. The van der Waals surface area contributed by atoms with Crippen molar-refractivity contribution >= 4 is 47.4 Å². The van der Waals surface area contributed by atoms with E-state index < -0.39 is 78.2 Å². The Morgan fingerprint density at radius 2 is 1.05 bits per heavy atom. The predicted octanol–water partition coefficient (Wildman–Crippen LogP) is -0.475. The quantitative estimate of drug-likeness (QED) is 0.0281. The first kappa shape index (κ1) is 51.1. The first-order chi connectivity index (χ1) is 29.1. The zero-order valence-electron chi connectivity index (χ0n) is 35.2. The smallest absolute Gasteiger partial charge is 0.322 e. The summed E-state index contributed by atoms with van der Waals surface area (Å²) in [5, 5.41) is 25.2. The Labute approximate surface area is 357 Å². The zero-order chi connectivity index (χ0) is 45.2. The van der Waals surface area contributed by atoms with Crippen molar-refractivity contribution in [1.82, 2.24) is 31.9 Å². The normalized spacial score (nSPS) is 13.3. The average Bonchev–Trinajstić information content (AvgIpc) is 3.22. The van der Waals surface area contributed by atoms with E-state index in [-0.39, 0.29) is 56.9 Å². The lowest BCUT2D eigenvalue weighted by Gasteiger charge is -2.28. The highest BCUT2D eigenvalue weighted by molar-refractivity contribution is 5.99. The molecule has 0 heterocycles. The van der Waals surface area contributed by atoms with E-state index in [0.717, 1.165) is 0 Å². The van der Waals surface area contributed by atoms with Gasteiger partial charge in [-0.1, -0.05) is 62.4 Å². The average molecular weight is 852 g/mol. The summed E-state index contributed by atoms with van der Waals surface area (Å²) in [7, 11) is 0. The van der Waals surface area contributed by atoms with Gasteiger partial charge in [-0.2, -0.15) is 0 Å². The number of carbonyl (C=O) groups excluding carboxylic acids is 6. The maximum atomic E-state index is 14.1. The largest absolute Gasteiger partial charge is 0.480 e. The number of rotatable bonds is 29. The van der Waals surface area contributed by atoms with Crippen LogP contribution in [-0.4, -0.2) is 109 Å². The van der Waals surface area contributed by atoms with Crippen LogP contribution in [0.1, 0.15) is 87.6 Å². The van der Waals surface area contributed by atoms with E-state index in [1.165, 1.54) is 0 Å². The molecule has 6 amide bonds. The Balaban J connectivity index is 2.38. The van der Waals surface area contributed by atoms with Crippen molar-refractivity contribution in [2.75, 3.05) is 26.2 Å². The number of hydrogen-bond donors (Lipinski definition) is 11. The molecule has 15 N–H and O–H groups in total. The van der Waals surface area contributed by atoms with E-state index in [4.69, 9.17) is 28.0 Å². The van der Waals surface area contributed by atoms with Gasteiger partial charge in [0.25, 0.3) is 5.91 Å². The molecule has 0 saturated heterocycles. The summed E-state index contributed by atoms with van der Waals surface area (Å²) in [6, 6.07) is 11.4. The minimum atomic E-state index is -1.27. The van der Waals surface area contributed by atoms with E-state index in [9.17, 15) is 33.6 Å². The van der Waals surface area contributed by atoms with Gasteiger partial charge in [0, 0.05) is 18.5 Å². The van der Waals surface area contributed by atoms with Crippen molar-refractivity contribution in [3.63, 3.8) is 0 Å². The summed E-state index contributed by atoms with van der Waals surface area (Å²) >= 11 is 0. The fourth-order valence-corrected chi connectivity index (χ4v) is 6.26. The first-order valence-corrected chi connectivity index (χ1v) is 20.7. The Bertz CT molecular complexity index is 1730. The Morgan fingerprint density at radius 3 is 1.54 bits per heavy atom. The Kier molecular flexibility index (Phi) is 23.8. The van der Waals surface area contributed by atoms with Crippen molar-refractivity contribution in [1.29, 1.82) is 0 Å². The van der Waals surface area contributed by atoms with Crippen LogP contribution < -0.4 is 54.8 Å². The van der Waals surface area contributed by atoms with Gasteiger partial charge in [0.15, 0.2) is 5.96 Å². The van der Waals surface area contributed by atoms with Crippen LogP contribution in [0.3, 0.4) is 0 Å². The van der Waals surface area contributed by atoms with E-state index in [1.807, 2.05) is 13.8 Å². The number of nitrogens with two attached hydrogens (primary N) is 4. The van der Waals surface area contributed by atoms with Gasteiger partial charge in [-0.15, -0.1) is 0 Å². The van der Waals surface area contributed by atoms with E-state index in [1.54, 1.807) is 60.7 Å². The fraction of sp³-hybridized carbons (Fsp3) is 0.524. The number of hydrogen-bond acceptors (Lipinski definition) is 10. The van der Waals surface area contributed by atoms with Crippen LogP contribution in [0.2, 0.25) is 0 Å². The van der Waals surface area contributed by atoms with Crippen molar-refractivity contribution < 1.29 is 38.7 Å². The highest BCUT2D eigenvalue weighted by atomic mass is 16.4. The minimum absolute atomic E-state index is 0.0399. The fourth-order valence-electron chi connectivity index (χ4n) is 6.26. The molecule has 0 bridgehead atoms. The van der Waals surface area contributed by atoms with Gasteiger partial charge in [0.1, 0.15) is 36.8 Å². The third-order valence-electron chi connectivity index (χ3n) is 9.43. The number of nitrogens with one attached hydrogen (secondary N) is 6. The molecule has 0 unspecified atom stereocenters. The van der Waals surface area contributed by atoms with Crippen molar-refractivity contribution in [3.05, 3.63) is 71.8 Å². The lowest BCUT2D eigenvalue weighted by Crippen LogP contribution is -2.59. The summed E-state index contributed by atoms with van der Waals surface area (Å²) in [5.74, 6) is -5.45. The number of benzene rings is 2. The standard InChI is InChI=1S/C42H65N11O8/c1-27(2)24-33(41(61)53-34(37(57)48-26-35(54)55)25-28-14-5-3-6-15-28)52-40(60)31(19-10-12-22-44)50-39(59)32(20-13-23-47-42(45)46)51-38(58)30(18-9-11-21-43)49-36(56)29-16-7-4-8-17-29/h3-8,14-17,27,30-34H,9-13,18-26,43-44H2,1-2H3,(H,48,57)(H,49,56)(H,50,59)(H,51,58)(H,52,60)(H,53,61)(H,54,55)(H4,45,46,47)/t30-,31-,32-,33-,34-/m0/s1. The molecule has 0 aliphatic carbocycles. The van der Waals surface area contributed by atoms with Crippen molar-refractivity contribution in [2.45, 2.75) is 108 Å². The SMILES string of the molecule is CC(C)C[C@H](NC(=O)[C@H](CCCCN)NC(=O)[C@H](CCCN=C(N)N)NC(=O)[C@H](CCCCN)NC(=O)c1ccccc1)C(=O)N[C@@H](Cc1ccccc1)C(=O)NCC(=O)O. The van der Waals surface area contributed by atoms with Gasteiger partial charge in [-0.25, -0.2) is 0 Å². The molecule has 0 aliphatic heterocycles. The molecule has 2 rings (SSSR count). The van der Waals surface area contributed by atoms with Crippen LogP contribution in [0.25, 0.3) is 0 Å². The summed E-state index contributed by atoms with van der Waals surface area (Å²) < 4.78 is 0. The zero-order valence-corrected chi connectivity index (χ0v) is 35.2. The lowest BCUT2D eigenvalue weighted by atomic mass is 10.00. The Hall–Kier alpha value is -6.08. The maximum Gasteiger partial charge on any atom is 0.322 e. The minimum Gasteiger partial charge on any atom is -0.480 e. The second kappa shape index (κ2) is 28.4. The van der Waals surface area contributed by atoms with E-state index in [0.29, 0.717) is 49.9 Å². The van der Waals surface area contributed by atoms with Gasteiger partial charge in [0.05, 0.1) is 0 Å². The van der Waals surface area contributed by atoms with Crippen LogP contribution >= 0.6 is 0 Å². The molecular formula is C42H65N11O8. The van der Waals surface area contributed by atoms with Crippen molar-refractivity contribution in [3.8, 4) is 0 Å². The first-order valence-electron chi connectivity index (χ1n) is 20.7. The number of aliphatic carboxylic acids is 1. The summed E-state index contributed by atoms with van der Waals surface area (Å²) in [4.78, 5) is 97.3. The molecule has 0 saturated carbocycles. The molecule has 2 aromatic carbocycles. The molecule has 61 heavy (non-hydrogen) atoms. The monoisotopic (exact) mass is 852 g/mol. The van der Waals surface area contributed by atoms with E-state index in [2.05, 4.69) is 36.9 Å². The summed E-state index contributed by atoms with van der Waals surface area (Å²) in [6.07, 6.45) is 2.92. The molecule has 19 heteroatoms. The third kappa shape index (κ3) is 20.6. The molecule has 0 radical (unpaired) electrons. The second-order valence-electron chi connectivity index (χ2n) is 15.1. The number of unbranched alkanes of at least 4 members (excludes halogenated alkanes) is 2. The van der Waals surface area contributed by atoms with Gasteiger partial charge in [-0.3, -0.25) is 38.6 Å². The third-order valence-corrected chi connectivity index (χ3v) is 9.43. The summed E-state index contributed by atoms with van der Waals surface area (Å²) in [5.41, 5.74) is 23.5. The van der Waals surface area contributed by atoms with Crippen LogP contribution in [0.5, 0.6) is 0 Å². The molecule has 0 fully saturated rings. The molecule has 0 aliphatic rings. The number of carbonyl (C=O) groups is 7. The van der Waals surface area contributed by atoms with Gasteiger partial charge >= 0.3 is 5.97 Å². The second-order valence-corrected chi connectivity index (χ2v) is 15.1.